The van der Waals surface area contributed by atoms with Crippen LogP contribution in [0.25, 0.3) is 17.3 Å². The van der Waals surface area contributed by atoms with Crippen LogP contribution >= 0.6 is 0 Å². The average molecular weight is 299 g/mol. The summed E-state index contributed by atoms with van der Waals surface area (Å²) < 4.78 is 14.8. The lowest BCUT2D eigenvalue weighted by Gasteiger charge is -2.07. The van der Waals surface area contributed by atoms with Gasteiger partial charge in [0.2, 0.25) is 5.82 Å². The summed E-state index contributed by atoms with van der Waals surface area (Å²) in [7, 11) is 1.88. The fourth-order valence-electron chi connectivity index (χ4n) is 2.69. The molecule has 0 saturated carbocycles. The molecule has 3 aromatic rings. The zero-order valence-electron chi connectivity index (χ0n) is 12.6. The minimum Gasteiger partial charge on any atom is -0.458 e. The van der Waals surface area contributed by atoms with Gasteiger partial charge in [0.05, 0.1) is 19.0 Å². The fourth-order valence-corrected chi connectivity index (χ4v) is 2.69. The van der Waals surface area contributed by atoms with Crippen LogP contribution in [0.3, 0.4) is 0 Å². The summed E-state index contributed by atoms with van der Waals surface area (Å²) >= 11 is 0. The monoisotopic (exact) mass is 299 g/mol. The quantitative estimate of drug-likeness (QED) is 0.740. The topological polar surface area (TPSA) is 70.9 Å². The Labute approximate surface area is 127 Å². The summed E-state index contributed by atoms with van der Waals surface area (Å²) in [6.45, 7) is 3.35. The lowest BCUT2D eigenvalue weighted by molar-refractivity contribution is 0.193. The summed E-state index contributed by atoms with van der Waals surface area (Å²) in [5.74, 6) is 3.27. The summed E-state index contributed by atoms with van der Waals surface area (Å²) in [5.41, 5.74) is 0.895. The first-order chi connectivity index (χ1) is 10.7. The molecule has 0 aliphatic carbocycles. The maximum absolute atomic E-state index is 5.65. The number of hydrogen-bond donors (Lipinski definition) is 0. The SMILES string of the molecule is Cc1ccc(-c2nc(C3CCOC3)n(-c3cnn(C)c3)n2)o1. The summed E-state index contributed by atoms with van der Waals surface area (Å²) in [4.78, 5) is 4.70. The summed E-state index contributed by atoms with van der Waals surface area (Å²) in [6.07, 6.45) is 4.66. The van der Waals surface area contributed by atoms with Gasteiger partial charge in [-0.1, -0.05) is 0 Å². The van der Waals surface area contributed by atoms with Gasteiger partial charge in [0.1, 0.15) is 17.3 Å². The van der Waals surface area contributed by atoms with Crippen LogP contribution in [-0.4, -0.2) is 37.8 Å². The van der Waals surface area contributed by atoms with E-state index in [9.17, 15) is 0 Å². The van der Waals surface area contributed by atoms with Crippen LogP contribution in [0, 0.1) is 6.92 Å². The van der Waals surface area contributed by atoms with Gasteiger partial charge in [0.15, 0.2) is 5.76 Å². The third-order valence-electron chi connectivity index (χ3n) is 3.82. The largest absolute Gasteiger partial charge is 0.458 e. The van der Waals surface area contributed by atoms with E-state index in [0.717, 1.165) is 30.3 Å². The van der Waals surface area contributed by atoms with Gasteiger partial charge < -0.3 is 9.15 Å². The molecule has 1 fully saturated rings. The Hall–Kier alpha value is -2.41. The highest BCUT2D eigenvalue weighted by atomic mass is 16.5. The number of furan rings is 1. The molecule has 0 amide bonds. The normalized spacial score (nSPS) is 18.2. The van der Waals surface area contributed by atoms with Gasteiger partial charge in [-0.15, -0.1) is 5.10 Å². The predicted molar refractivity (Wildman–Crippen MR) is 78.7 cm³/mol. The Kier molecular flexibility index (Phi) is 3.07. The Morgan fingerprint density at radius 2 is 2.23 bits per heavy atom. The first-order valence-corrected chi connectivity index (χ1v) is 7.31. The van der Waals surface area contributed by atoms with Crippen molar-refractivity contribution in [3.05, 3.63) is 36.1 Å². The Morgan fingerprint density at radius 1 is 1.32 bits per heavy atom. The number of aromatic nitrogens is 5. The van der Waals surface area contributed by atoms with Gasteiger partial charge in [-0.25, -0.2) is 9.67 Å². The molecule has 114 valence electrons. The van der Waals surface area contributed by atoms with E-state index < -0.39 is 0 Å². The van der Waals surface area contributed by atoms with E-state index in [1.165, 1.54) is 0 Å². The highest BCUT2D eigenvalue weighted by Crippen LogP contribution is 2.28. The lowest BCUT2D eigenvalue weighted by Crippen LogP contribution is -2.08. The van der Waals surface area contributed by atoms with Crippen LogP contribution < -0.4 is 0 Å². The van der Waals surface area contributed by atoms with Crippen LogP contribution in [0.15, 0.2) is 28.9 Å². The van der Waals surface area contributed by atoms with Gasteiger partial charge in [0.25, 0.3) is 0 Å². The molecule has 4 heterocycles. The van der Waals surface area contributed by atoms with Crippen molar-refractivity contribution in [2.75, 3.05) is 13.2 Å². The van der Waals surface area contributed by atoms with E-state index in [0.29, 0.717) is 18.2 Å². The van der Waals surface area contributed by atoms with Crippen molar-refractivity contribution >= 4 is 0 Å². The molecular formula is C15H17N5O2. The molecule has 7 heteroatoms. The van der Waals surface area contributed by atoms with Crippen molar-refractivity contribution < 1.29 is 9.15 Å². The number of ether oxygens (including phenoxy) is 1. The minimum atomic E-state index is 0.248. The molecule has 1 aliphatic rings. The van der Waals surface area contributed by atoms with E-state index >= 15 is 0 Å². The molecule has 0 N–H and O–H groups in total. The van der Waals surface area contributed by atoms with Gasteiger partial charge in [-0.05, 0) is 25.5 Å². The van der Waals surface area contributed by atoms with Crippen LogP contribution in [0.5, 0.6) is 0 Å². The van der Waals surface area contributed by atoms with E-state index in [2.05, 4.69) is 10.2 Å². The van der Waals surface area contributed by atoms with E-state index in [1.54, 1.807) is 10.9 Å². The van der Waals surface area contributed by atoms with Crippen molar-refractivity contribution in [2.24, 2.45) is 7.05 Å². The third-order valence-corrected chi connectivity index (χ3v) is 3.82. The van der Waals surface area contributed by atoms with Crippen LogP contribution in [0.2, 0.25) is 0 Å². The maximum Gasteiger partial charge on any atom is 0.217 e. The van der Waals surface area contributed by atoms with E-state index in [4.69, 9.17) is 14.1 Å². The number of rotatable bonds is 3. The average Bonchev–Trinajstić information content (AvgIpc) is 3.24. The van der Waals surface area contributed by atoms with Crippen LogP contribution in [0.4, 0.5) is 0 Å². The second kappa shape index (κ2) is 5.10. The zero-order chi connectivity index (χ0) is 15.1. The highest BCUT2D eigenvalue weighted by molar-refractivity contribution is 5.48. The third kappa shape index (κ3) is 2.23. The Bertz CT molecular complexity index is 795. The molecule has 4 rings (SSSR count). The van der Waals surface area contributed by atoms with Crippen molar-refractivity contribution in [1.29, 1.82) is 0 Å². The molecular weight excluding hydrogens is 282 g/mol. The number of hydrogen-bond acceptors (Lipinski definition) is 5. The van der Waals surface area contributed by atoms with Gasteiger partial charge >= 0.3 is 0 Å². The van der Waals surface area contributed by atoms with Crippen LogP contribution in [0.1, 0.15) is 23.9 Å². The zero-order valence-corrected chi connectivity index (χ0v) is 12.6. The molecule has 1 saturated heterocycles. The smallest absolute Gasteiger partial charge is 0.217 e. The number of aryl methyl sites for hydroxylation is 2. The molecule has 7 nitrogen and oxygen atoms in total. The van der Waals surface area contributed by atoms with E-state index in [-0.39, 0.29) is 5.92 Å². The maximum atomic E-state index is 5.65. The lowest BCUT2D eigenvalue weighted by atomic mass is 10.1. The fraction of sp³-hybridized carbons (Fsp3) is 0.400. The predicted octanol–water partition coefficient (Wildman–Crippen LogP) is 2.07. The molecule has 1 atom stereocenters. The molecule has 22 heavy (non-hydrogen) atoms. The molecule has 0 radical (unpaired) electrons. The second-order valence-corrected chi connectivity index (χ2v) is 5.55. The summed E-state index contributed by atoms with van der Waals surface area (Å²) in [6, 6.07) is 3.81. The van der Waals surface area contributed by atoms with Crippen molar-refractivity contribution in [3.63, 3.8) is 0 Å². The van der Waals surface area contributed by atoms with Gasteiger partial charge in [-0.2, -0.15) is 5.10 Å². The molecule has 1 aliphatic heterocycles. The molecule has 0 bridgehead atoms. The highest BCUT2D eigenvalue weighted by Gasteiger charge is 2.26. The van der Waals surface area contributed by atoms with Crippen molar-refractivity contribution in [3.8, 4) is 17.3 Å². The number of nitrogens with zero attached hydrogens (tertiary/aromatic N) is 5. The van der Waals surface area contributed by atoms with Gasteiger partial charge in [0, 0.05) is 19.6 Å². The molecule has 1 unspecified atom stereocenters. The standard InChI is InChI=1S/C15H17N5O2/c1-10-3-4-13(22-10)14-17-15(11-5-6-21-9-11)20(18-14)12-7-16-19(2)8-12/h3-4,7-8,11H,5-6,9H2,1-2H3. The van der Waals surface area contributed by atoms with Crippen molar-refractivity contribution in [1.82, 2.24) is 24.5 Å². The molecule has 0 spiro atoms. The molecule has 0 aromatic carbocycles. The second-order valence-electron chi connectivity index (χ2n) is 5.55. The first kappa shape index (κ1) is 13.3. The van der Waals surface area contributed by atoms with E-state index in [1.807, 2.05) is 37.0 Å². The minimum absolute atomic E-state index is 0.248. The Balaban J connectivity index is 1.82. The van der Waals surface area contributed by atoms with Crippen LogP contribution in [-0.2, 0) is 11.8 Å². The summed E-state index contributed by atoms with van der Waals surface area (Å²) in [5, 5.41) is 8.85. The Morgan fingerprint density at radius 3 is 2.86 bits per heavy atom. The van der Waals surface area contributed by atoms with Crippen molar-refractivity contribution in [2.45, 2.75) is 19.3 Å². The molecule has 3 aromatic heterocycles. The first-order valence-electron chi connectivity index (χ1n) is 7.31. The van der Waals surface area contributed by atoms with Gasteiger partial charge in [-0.3, -0.25) is 4.68 Å².